The molecule has 2 rings (SSSR count). The molecule has 0 fully saturated rings. The van der Waals surface area contributed by atoms with E-state index in [-0.39, 0.29) is 19.6 Å². The number of carbonyl (C=O) groups excluding carboxylic acids is 3. The second-order valence-corrected chi connectivity index (χ2v) is 6.34. The summed E-state index contributed by atoms with van der Waals surface area (Å²) in [5, 5.41) is 2.53. The molecule has 0 aliphatic rings. The molecule has 29 heavy (non-hydrogen) atoms. The normalized spacial score (nSPS) is 11.4. The van der Waals surface area contributed by atoms with E-state index in [9.17, 15) is 14.4 Å². The lowest BCUT2D eigenvalue weighted by atomic mass is 10.1. The monoisotopic (exact) mass is 402 g/mol. The highest BCUT2D eigenvalue weighted by atomic mass is 16.6. The van der Waals surface area contributed by atoms with Gasteiger partial charge in [-0.3, -0.25) is 0 Å². The Hall–Kier alpha value is -3.29. The van der Waals surface area contributed by atoms with E-state index in [4.69, 9.17) is 14.2 Å². The molecule has 1 heterocycles. The number of aromatic nitrogens is 1. The second kappa shape index (κ2) is 10.9. The smallest absolute Gasteiger partial charge is 0.408 e. The summed E-state index contributed by atoms with van der Waals surface area (Å²) in [6.07, 6.45) is 1.64. The van der Waals surface area contributed by atoms with Gasteiger partial charge < -0.3 is 24.1 Å². The number of nitrogens with zero attached hydrogens (tertiary/aromatic N) is 1. The fourth-order valence-electron chi connectivity index (χ4n) is 2.86. The molecule has 0 spiro atoms. The Bertz CT molecular complexity index is 831. The third kappa shape index (κ3) is 6.38. The number of alkyl carbamates (subject to hydrolysis) is 1. The first kappa shape index (κ1) is 22.0. The topological polar surface area (TPSA) is 95.9 Å². The molecule has 156 valence electrons. The number of rotatable bonds is 9. The SMILES string of the molecule is CCOC(=O)c1c(CC[C@@H](NC(=O)OCc2ccccc2)C(=O)OC)ccn1C. The molecule has 0 aliphatic heterocycles. The Labute approximate surface area is 169 Å². The summed E-state index contributed by atoms with van der Waals surface area (Å²) in [6.45, 7) is 2.09. The summed E-state index contributed by atoms with van der Waals surface area (Å²) in [6, 6.07) is 10.1. The first-order chi connectivity index (χ1) is 14.0. The molecule has 1 aromatic carbocycles. The minimum Gasteiger partial charge on any atom is -0.467 e. The highest BCUT2D eigenvalue weighted by molar-refractivity contribution is 5.89. The van der Waals surface area contributed by atoms with Crippen LogP contribution in [-0.4, -0.2) is 42.4 Å². The van der Waals surface area contributed by atoms with E-state index in [1.807, 2.05) is 30.3 Å². The summed E-state index contributed by atoms with van der Waals surface area (Å²) < 4.78 is 16.7. The second-order valence-electron chi connectivity index (χ2n) is 6.34. The molecular formula is C21H26N2O6. The Morgan fingerprint density at radius 1 is 1.10 bits per heavy atom. The number of hydrogen-bond acceptors (Lipinski definition) is 6. The molecule has 8 heteroatoms. The lowest BCUT2D eigenvalue weighted by molar-refractivity contribution is -0.143. The van der Waals surface area contributed by atoms with Crippen molar-refractivity contribution >= 4 is 18.0 Å². The number of nitrogens with one attached hydrogen (secondary N) is 1. The van der Waals surface area contributed by atoms with E-state index < -0.39 is 24.1 Å². The van der Waals surface area contributed by atoms with Crippen LogP contribution in [-0.2, 0) is 39.1 Å². The third-order valence-electron chi connectivity index (χ3n) is 4.32. The first-order valence-electron chi connectivity index (χ1n) is 9.32. The predicted octanol–water partition coefficient (Wildman–Crippen LogP) is 2.60. The van der Waals surface area contributed by atoms with Gasteiger partial charge in [0.2, 0.25) is 0 Å². The highest BCUT2D eigenvalue weighted by Gasteiger charge is 2.24. The molecule has 0 radical (unpaired) electrons. The number of ether oxygens (including phenoxy) is 3. The van der Waals surface area contributed by atoms with Gasteiger partial charge in [0, 0.05) is 13.2 Å². The largest absolute Gasteiger partial charge is 0.467 e. The summed E-state index contributed by atoms with van der Waals surface area (Å²) in [5.41, 5.74) is 1.97. The fraction of sp³-hybridized carbons (Fsp3) is 0.381. The molecule has 0 saturated heterocycles. The van der Waals surface area contributed by atoms with Crippen molar-refractivity contribution in [1.29, 1.82) is 0 Å². The zero-order chi connectivity index (χ0) is 21.2. The van der Waals surface area contributed by atoms with Crippen molar-refractivity contribution in [3.05, 3.63) is 59.4 Å². The van der Waals surface area contributed by atoms with Crippen LogP contribution in [0.25, 0.3) is 0 Å². The summed E-state index contributed by atoms with van der Waals surface area (Å²) in [7, 11) is 2.99. The van der Waals surface area contributed by atoms with Gasteiger partial charge >= 0.3 is 18.0 Å². The lowest BCUT2D eigenvalue weighted by Gasteiger charge is -2.16. The van der Waals surface area contributed by atoms with Crippen LogP contribution in [0, 0.1) is 0 Å². The molecule has 0 saturated carbocycles. The maximum absolute atomic E-state index is 12.2. The van der Waals surface area contributed by atoms with Crippen LogP contribution < -0.4 is 5.32 Å². The van der Waals surface area contributed by atoms with E-state index in [1.54, 1.807) is 30.8 Å². The van der Waals surface area contributed by atoms with Crippen LogP contribution >= 0.6 is 0 Å². The van der Waals surface area contributed by atoms with Crippen LogP contribution in [0.2, 0.25) is 0 Å². The minimum absolute atomic E-state index is 0.0895. The van der Waals surface area contributed by atoms with Crippen molar-refractivity contribution in [2.75, 3.05) is 13.7 Å². The summed E-state index contributed by atoms with van der Waals surface area (Å²) in [5.74, 6) is -1.02. The molecule has 1 atom stereocenters. The van der Waals surface area contributed by atoms with Crippen molar-refractivity contribution in [2.45, 2.75) is 32.4 Å². The number of carbonyl (C=O) groups is 3. The number of aryl methyl sites for hydroxylation is 2. The molecule has 0 unspecified atom stereocenters. The molecule has 1 aromatic heterocycles. The average Bonchev–Trinajstić information content (AvgIpc) is 3.10. The van der Waals surface area contributed by atoms with Gasteiger partial charge in [-0.25, -0.2) is 14.4 Å². The minimum atomic E-state index is -0.904. The maximum Gasteiger partial charge on any atom is 0.408 e. The van der Waals surface area contributed by atoms with Gasteiger partial charge in [0.15, 0.2) is 0 Å². The Morgan fingerprint density at radius 3 is 2.48 bits per heavy atom. The van der Waals surface area contributed by atoms with Crippen molar-refractivity contribution in [1.82, 2.24) is 9.88 Å². The fourth-order valence-corrected chi connectivity index (χ4v) is 2.86. The van der Waals surface area contributed by atoms with Gasteiger partial charge in [-0.05, 0) is 37.0 Å². The van der Waals surface area contributed by atoms with Crippen LogP contribution in [0.5, 0.6) is 0 Å². The van der Waals surface area contributed by atoms with Crippen molar-refractivity contribution in [3.8, 4) is 0 Å². The van der Waals surface area contributed by atoms with Gasteiger partial charge in [0.25, 0.3) is 0 Å². The Morgan fingerprint density at radius 2 is 1.83 bits per heavy atom. The third-order valence-corrected chi connectivity index (χ3v) is 4.32. The molecule has 1 amide bonds. The van der Waals surface area contributed by atoms with Gasteiger partial charge in [0.05, 0.1) is 13.7 Å². The Kier molecular flexibility index (Phi) is 8.27. The zero-order valence-corrected chi connectivity index (χ0v) is 16.8. The maximum atomic E-state index is 12.2. The molecule has 8 nitrogen and oxygen atoms in total. The molecule has 0 bridgehead atoms. The number of methoxy groups -OCH3 is 1. The van der Waals surface area contributed by atoms with E-state index in [0.717, 1.165) is 11.1 Å². The van der Waals surface area contributed by atoms with Crippen LogP contribution in [0.4, 0.5) is 4.79 Å². The van der Waals surface area contributed by atoms with E-state index in [1.165, 1.54) is 7.11 Å². The van der Waals surface area contributed by atoms with Gasteiger partial charge in [0.1, 0.15) is 18.3 Å². The zero-order valence-electron chi connectivity index (χ0n) is 16.8. The highest BCUT2D eigenvalue weighted by Crippen LogP contribution is 2.15. The number of hydrogen-bond donors (Lipinski definition) is 1. The predicted molar refractivity (Wildman–Crippen MR) is 105 cm³/mol. The van der Waals surface area contributed by atoms with Crippen molar-refractivity contribution in [3.63, 3.8) is 0 Å². The standard InChI is InChI=1S/C21H26N2O6/c1-4-28-20(25)18-16(12-13-23(18)2)10-11-17(19(24)27-3)22-21(26)29-14-15-8-6-5-7-9-15/h5-9,12-13,17H,4,10-11,14H2,1-3H3,(H,22,26)/t17-/m1/s1. The molecule has 1 N–H and O–H groups in total. The van der Waals surface area contributed by atoms with E-state index in [2.05, 4.69) is 5.32 Å². The van der Waals surface area contributed by atoms with Gasteiger partial charge in [-0.2, -0.15) is 0 Å². The number of esters is 2. The van der Waals surface area contributed by atoms with Gasteiger partial charge in [-0.1, -0.05) is 30.3 Å². The van der Waals surface area contributed by atoms with E-state index >= 15 is 0 Å². The number of benzene rings is 1. The van der Waals surface area contributed by atoms with Crippen molar-refractivity contribution < 1.29 is 28.6 Å². The van der Waals surface area contributed by atoms with Gasteiger partial charge in [-0.15, -0.1) is 0 Å². The van der Waals surface area contributed by atoms with Crippen LogP contribution in [0.15, 0.2) is 42.6 Å². The average molecular weight is 402 g/mol. The summed E-state index contributed by atoms with van der Waals surface area (Å²) in [4.78, 5) is 36.3. The summed E-state index contributed by atoms with van der Waals surface area (Å²) >= 11 is 0. The van der Waals surface area contributed by atoms with E-state index in [0.29, 0.717) is 12.1 Å². The quantitative estimate of drug-likeness (QED) is 0.512. The van der Waals surface area contributed by atoms with Crippen LogP contribution in [0.1, 0.15) is 35.0 Å². The Balaban J connectivity index is 1.98. The number of amides is 1. The molecular weight excluding hydrogens is 376 g/mol. The van der Waals surface area contributed by atoms with Crippen molar-refractivity contribution in [2.24, 2.45) is 7.05 Å². The molecule has 2 aromatic rings. The van der Waals surface area contributed by atoms with Crippen LogP contribution in [0.3, 0.4) is 0 Å². The lowest BCUT2D eigenvalue weighted by Crippen LogP contribution is -2.42. The molecule has 0 aliphatic carbocycles. The first-order valence-corrected chi connectivity index (χ1v) is 9.32.